The van der Waals surface area contributed by atoms with Crippen LogP contribution in [0, 0.1) is 6.92 Å². The molecule has 104 valence electrons. The first-order chi connectivity index (χ1) is 9.10. The zero-order valence-electron chi connectivity index (χ0n) is 11.5. The summed E-state index contributed by atoms with van der Waals surface area (Å²) in [5.74, 6) is 0.297. The number of aromatic carboxylic acids is 1. The van der Waals surface area contributed by atoms with Crippen LogP contribution >= 0.6 is 11.8 Å². The molecule has 19 heavy (non-hydrogen) atoms. The maximum atomic E-state index is 11.3. The second kappa shape index (κ2) is 6.33. The molecule has 0 spiro atoms. The van der Waals surface area contributed by atoms with E-state index in [0.717, 1.165) is 35.1 Å². The van der Waals surface area contributed by atoms with Crippen molar-refractivity contribution in [3.05, 3.63) is 29.3 Å². The monoisotopic (exact) mass is 279 g/mol. The van der Waals surface area contributed by atoms with E-state index in [1.54, 1.807) is 6.07 Å². The highest BCUT2D eigenvalue weighted by molar-refractivity contribution is 7.99. The molecule has 1 aromatic rings. The zero-order valence-corrected chi connectivity index (χ0v) is 12.3. The fourth-order valence-corrected chi connectivity index (χ4v) is 3.78. The number of benzene rings is 1. The predicted molar refractivity (Wildman–Crippen MR) is 81.3 cm³/mol. The first kappa shape index (κ1) is 14.3. The van der Waals surface area contributed by atoms with E-state index in [4.69, 9.17) is 0 Å². The van der Waals surface area contributed by atoms with E-state index < -0.39 is 5.97 Å². The van der Waals surface area contributed by atoms with Gasteiger partial charge in [-0.15, -0.1) is 0 Å². The Morgan fingerprint density at radius 3 is 2.95 bits per heavy atom. The maximum Gasteiger partial charge on any atom is 0.337 e. The van der Waals surface area contributed by atoms with Crippen LogP contribution in [0.2, 0.25) is 0 Å². The van der Waals surface area contributed by atoms with Crippen molar-refractivity contribution in [1.82, 2.24) is 0 Å². The molecule has 4 heteroatoms. The van der Waals surface area contributed by atoms with Crippen molar-refractivity contribution in [3.8, 4) is 0 Å². The van der Waals surface area contributed by atoms with Crippen molar-refractivity contribution in [2.75, 3.05) is 11.1 Å². The maximum absolute atomic E-state index is 11.3. The second-order valence-corrected chi connectivity index (χ2v) is 6.66. The van der Waals surface area contributed by atoms with Gasteiger partial charge in [0.25, 0.3) is 0 Å². The molecule has 2 N–H and O–H groups in total. The minimum absolute atomic E-state index is 0.381. The van der Waals surface area contributed by atoms with Gasteiger partial charge in [0.05, 0.1) is 5.56 Å². The number of rotatable bonds is 5. The molecule has 0 heterocycles. The molecule has 1 saturated carbocycles. The molecule has 2 unspecified atom stereocenters. The van der Waals surface area contributed by atoms with E-state index >= 15 is 0 Å². The molecule has 1 fully saturated rings. The third-order valence-corrected chi connectivity index (χ3v) is 4.78. The molecule has 3 nitrogen and oxygen atoms in total. The van der Waals surface area contributed by atoms with E-state index in [1.807, 2.05) is 30.8 Å². The first-order valence-electron chi connectivity index (χ1n) is 6.82. The fraction of sp³-hybridized carbons (Fsp3) is 0.533. The zero-order chi connectivity index (χ0) is 13.8. The lowest BCUT2D eigenvalue weighted by Crippen LogP contribution is -2.18. The molecule has 0 aliphatic heterocycles. The van der Waals surface area contributed by atoms with Crippen molar-refractivity contribution >= 4 is 23.4 Å². The van der Waals surface area contributed by atoms with Crippen LogP contribution in [0.15, 0.2) is 18.2 Å². The Labute approximate surface area is 118 Å². The summed E-state index contributed by atoms with van der Waals surface area (Å²) in [6.45, 7) is 4.10. The van der Waals surface area contributed by atoms with Crippen LogP contribution in [0.5, 0.6) is 0 Å². The molecule has 2 atom stereocenters. The number of carboxylic acids is 1. The molecule has 2 rings (SSSR count). The quantitative estimate of drug-likeness (QED) is 0.861. The fourth-order valence-electron chi connectivity index (χ4n) is 2.64. The third kappa shape index (κ3) is 3.66. The van der Waals surface area contributed by atoms with E-state index in [-0.39, 0.29) is 0 Å². The van der Waals surface area contributed by atoms with Crippen molar-refractivity contribution in [2.24, 2.45) is 0 Å². The Balaban J connectivity index is 2.05. The molecular formula is C15H21NO2S. The van der Waals surface area contributed by atoms with E-state index in [9.17, 15) is 9.90 Å². The number of hydrogen-bond acceptors (Lipinski definition) is 3. The molecule has 0 amide bonds. The molecule has 1 aliphatic carbocycles. The average Bonchev–Trinajstić information content (AvgIpc) is 2.79. The Hall–Kier alpha value is -1.16. The number of nitrogens with one attached hydrogen (secondary N) is 1. The number of carbonyl (C=O) groups is 1. The lowest BCUT2D eigenvalue weighted by atomic mass is 10.1. The Morgan fingerprint density at radius 2 is 2.26 bits per heavy atom. The van der Waals surface area contributed by atoms with Gasteiger partial charge in [0, 0.05) is 17.0 Å². The Morgan fingerprint density at radius 1 is 1.47 bits per heavy atom. The summed E-state index contributed by atoms with van der Waals surface area (Å²) >= 11 is 2.01. The van der Waals surface area contributed by atoms with Crippen LogP contribution in [0.1, 0.15) is 42.1 Å². The van der Waals surface area contributed by atoms with Crippen molar-refractivity contribution in [1.29, 1.82) is 0 Å². The normalized spacial score (nSPS) is 22.4. The summed E-state index contributed by atoms with van der Waals surface area (Å²) in [7, 11) is 0. The average molecular weight is 279 g/mol. The summed E-state index contributed by atoms with van der Waals surface area (Å²) in [6, 6.07) is 5.99. The van der Waals surface area contributed by atoms with Crippen molar-refractivity contribution in [3.63, 3.8) is 0 Å². The standard InChI is InChI=1S/C15H21NO2S/c1-3-19-12-6-5-11(9-12)16-14-7-4-10(2)8-13(14)15(17)18/h4,7-8,11-12,16H,3,5-6,9H2,1-2H3,(H,17,18). The summed E-state index contributed by atoms with van der Waals surface area (Å²) in [5, 5.41) is 13.4. The molecule has 1 aliphatic rings. The van der Waals surface area contributed by atoms with Crippen LogP contribution < -0.4 is 5.32 Å². The second-order valence-electron chi connectivity index (χ2n) is 5.09. The highest BCUT2D eigenvalue weighted by atomic mass is 32.2. The van der Waals surface area contributed by atoms with Crippen LogP contribution in [0.25, 0.3) is 0 Å². The van der Waals surface area contributed by atoms with Gasteiger partial charge in [-0.2, -0.15) is 11.8 Å². The van der Waals surface area contributed by atoms with Gasteiger partial charge in [-0.05, 0) is 44.1 Å². The minimum atomic E-state index is -0.858. The predicted octanol–water partition coefficient (Wildman–Crippen LogP) is 3.78. The number of aryl methyl sites for hydroxylation is 1. The molecule has 0 saturated heterocycles. The number of hydrogen-bond donors (Lipinski definition) is 2. The summed E-state index contributed by atoms with van der Waals surface area (Å²) in [5.41, 5.74) is 2.12. The summed E-state index contributed by atoms with van der Waals surface area (Å²) in [4.78, 5) is 11.3. The Kier molecular flexibility index (Phi) is 4.75. The first-order valence-corrected chi connectivity index (χ1v) is 7.87. The lowest BCUT2D eigenvalue weighted by Gasteiger charge is -2.16. The van der Waals surface area contributed by atoms with Gasteiger partial charge < -0.3 is 10.4 Å². The van der Waals surface area contributed by atoms with Crippen molar-refractivity contribution in [2.45, 2.75) is 44.4 Å². The van der Waals surface area contributed by atoms with Crippen LogP contribution in [0.4, 0.5) is 5.69 Å². The molecule has 0 bridgehead atoms. The molecular weight excluding hydrogens is 258 g/mol. The molecule has 1 aromatic carbocycles. The number of carboxylic acid groups (broad SMARTS) is 1. The van der Waals surface area contributed by atoms with Gasteiger partial charge in [0.2, 0.25) is 0 Å². The minimum Gasteiger partial charge on any atom is -0.478 e. The summed E-state index contributed by atoms with van der Waals surface area (Å²) < 4.78 is 0. The highest BCUT2D eigenvalue weighted by Gasteiger charge is 2.25. The van der Waals surface area contributed by atoms with E-state index in [2.05, 4.69) is 12.2 Å². The van der Waals surface area contributed by atoms with Crippen LogP contribution in [-0.4, -0.2) is 28.1 Å². The number of thioether (sulfide) groups is 1. The lowest BCUT2D eigenvalue weighted by molar-refractivity contribution is 0.0698. The van der Waals surface area contributed by atoms with Crippen molar-refractivity contribution < 1.29 is 9.90 Å². The van der Waals surface area contributed by atoms with Crippen LogP contribution in [0.3, 0.4) is 0 Å². The summed E-state index contributed by atoms with van der Waals surface area (Å²) in [6.07, 6.45) is 3.49. The largest absolute Gasteiger partial charge is 0.478 e. The van der Waals surface area contributed by atoms with Gasteiger partial charge in [-0.3, -0.25) is 0 Å². The highest BCUT2D eigenvalue weighted by Crippen LogP contribution is 2.32. The number of anilines is 1. The van der Waals surface area contributed by atoms with Crippen LogP contribution in [-0.2, 0) is 0 Å². The van der Waals surface area contributed by atoms with E-state index in [0.29, 0.717) is 11.6 Å². The van der Waals surface area contributed by atoms with Gasteiger partial charge in [-0.1, -0.05) is 18.6 Å². The molecule has 0 aromatic heterocycles. The third-order valence-electron chi connectivity index (χ3n) is 3.55. The molecule has 0 radical (unpaired) electrons. The van der Waals surface area contributed by atoms with Gasteiger partial charge in [0.1, 0.15) is 0 Å². The van der Waals surface area contributed by atoms with E-state index in [1.165, 1.54) is 6.42 Å². The van der Waals surface area contributed by atoms with Gasteiger partial charge >= 0.3 is 5.97 Å². The topological polar surface area (TPSA) is 49.3 Å². The smallest absolute Gasteiger partial charge is 0.337 e. The van der Waals surface area contributed by atoms with Gasteiger partial charge in [-0.25, -0.2) is 4.79 Å². The Bertz CT molecular complexity index is 461. The SMILES string of the molecule is CCSC1CCC(Nc2ccc(C)cc2C(=O)O)C1. The van der Waals surface area contributed by atoms with Gasteiger partial charge in [0.15, 0.2) is 0 Å².